The number of amides is 2. The second kappa shape index (κ2) is 12.0. The fraction of sp³-hybridized carbons (Fsp3) is 0.121. The van der Waals surface area contributed by atoms with Crippen molar-refractivity contribution in [2.45, 2.75) is 11.8 Å². The van der Waals surface area contributed by atoms with Gasteiger partial charge in [0.25, 0.3) is 0 Å². The lowest BCUT2D eigenvalue weighted by molar-refractivity contribution is -0.123. The Labute approximate surface area is 246 Å². The Morgan fingerprint density at radius 2 is 1.55 bits per heavy atom. The Morgan fingerprint density at radius 1 is 0.881 bits per heavy atom. The topological polar surface area (TPSA) is 67.2 Å². The van der Waals surface area contributed by atoms with Crippen LogP contribution < -0.4 is 10.2 Å². The summed E-state index contributed by atoms with van der Waals surface area (Å²) < 4.78 is 30.3. The third-order valence-corrected chi connectivity index (χ3v) is 8.27. The molecule has 0 saturated carbocycles. The SMILES string of the molecule is O=C(CN1C(=O)CSC(c2ccccc2F)c2c(-c3ccccc3)nn(-c3ccccc3)c21)NCc1ccc(F)cc1. The van der Waals surface area contributed by atoms with E-state index in [-0.39, 0.29) is 36.4 Å². The molecule has 2 heterocycles. The number of carbonyl (C=O) groups excluding carboxylic acids is 2. The summed E-state index contributed by atoms with van der Waals surface area (Å²) >= 11 is 1.31. The molecule has 1 aromatic heterocycles. The Balaban J connectivity index is 1.49. The zero-order chi connectivity index (χ0) is 29.1. The third kappa shape index (κ3) is 5.56. The Morgan fingerprint density at radius 3 is 2.26 bits per heavy atom. The second-order valence-corrected chi connectivity index (χ2v) is 10.9. The molecule has 42 heavy (non-hydrogen) atoms. The van der Waals surface area contributed by atoms with E-state index >= 15 is 4.39 Å². The van der Waals surface area contributed by atoms with Gasteiger partial charge in [0.1, 0.15) is 24.0 Å². The molecule has 1 aliphatic heterocycles. The van der Waals surface area contributed by atoms with Gasteiger partial charge in [-0.05, 0) is 35.9 Å². The molecule has 0 spiro atoms. The van der Waals surface area contributed by atoms with Crippen molar-refractivity contribution >= 4 is 29.4 Å². The number of anilines is 1. The van der Waals surface area contributed by atoms with Crippen molar-refractivity contribution in [2.24, 2.45) is 0 Å². The van der Waals surface area contributed by atoms with Gasteiger partial charge < -0.3 is 5.32 Å². The van der Waals surface area contributed by atoms with Crippen LogP contribution in [0.3, 0.4) is 0 Å². The van der Waals surface area contributed by atoms with Gasteiger partial charge in [0.05, 0.1) is 22.4 Å². The van der Waals surface area contributed by atoms with Crippen LogP contribution in [0, 0.1) is 11.6 Å². The molecule has 1 aliphatic rings. The van der Waals surface area contributed by atoms with E-state index in [1.165, 1.54) is 34.9 Å². The van der Waals surface area contributed by atoms with Crippen LogP contribution in [0.1, 0.15) is 21.9 Å². The van der Waals surface area contributed by atoms with E-state index in [9.17, 15) is 14.0 Å². The quantitative estimate of drug-likeness (QED) is 0.245. The Bertz CT molecular complexity index is 1730. The standard InChI is InChI=1S/C33H26F2N4O2S/c34-24-17-15-22(16-18-24)19-36-28(40)20-38-29(41)21-42-32(26-13-7-8-14-27(26)35)30-31(23-9-3-1-4-10-23)37-39(33(30)38)25-11-5-2-6-12-25/h1-18,32H,19-21H2,(H,36,40). The van der Waals surface area contributed by atoms with Crippen LogP contribution in [0.25, 0.3) is 16.9 Å². The number of para-hydroxylation sites is 1. The monoisotopic (exact) mass is 580 g/mol. The summed E-state index contributed by atoms with van der Waals surface area (Å²) in [6.45, 7) is -0.0991. The maximum atomic E-state index is 15.3. The van der Waals surface area contributed by atoms with Gasteiger partial charge in [0.15, 0.2) is 0 Å². The van der Waals surface area contributed by atoms with Crippen LogP contribution in [-0.2, 0) is 16.1 Å². The molecule has 5 aromatic rings. The maximum Gasteiger partial charge on any atom is 0.240 e. The molecule has 0 fully saturated rings. The number of nitrogens with zero attached hydrogens (tertiary/aromatic N) is 3. The van der Waals surface area contributed by atoms with Gasteiger partial charge in [-0.25, -0.2) is 13.5 Å². The first-order valence-electron chi connectivity index (χ1n) is 13.4. The van der Waals surface area contributed by atoms with Crippen LogP contribution >= 0.6 is 11.8 Å². The van der Waals surface area contributed by atoms with Crippen molar-refractivity contribution < 1.29 is 18.4 Å². The van der Waals surface area contributed by atoms with E-state index in [0.717, 1.165) is 11.1 Å². The zero-order valence-electron chi connectivity index (χ0n) is 22.4. The number of rotatable bonds is 7. The molecule has 6 rings (SSSR count). The van der Waals surface area contributed by atoms with E-state index in [2.05, 4.69) is 5.32 Å². The molecule has 2 amide bonds. The van der Waals surface area contributed by atoms with Gasteiger partial charge in [-0.3, -0.25) is 14.5 Å². The van der Waals surface area contributed by atoms with Crippen LogP contribution in [0.5, 0.6) is 0 Å². The number of benzene rings is 4. The summed E-state index contributed by atoms with van der Waals surface area (Å²) in [5.74, 6) is -0.991. The number of aromatic nitrogens is 2. The minimum atomic E-state index is -0.565. The number of nitrogens with one attached hydrogen (secondary N) is 1. The lowest BCUT2D eigenvalue weighted by Crippen LogP contribution is -2.42. The van der Waals surface area contributed by atoms with Gasteiger partial charge in [0, 0.05) is 23.2 Å². The summed E-state index contributed by atoms with van der Waals surface area (Å²) in [4.78, 5) is 28.5. The molecule has 4 aromatic carbocycles. The molecule has 0 bridgehead atoms. The molecule has 1 atom stereocenters. The number of halogens is 2. The average Bonchev–Trinajstić information content (AvgIpc) is 3.35. The van der Waals surface area contributed by atoms with Gasteiger partial charge in [-0.2, -0.15) is 5.10 Å². The first-order chi connectivity index (χ1) is 20.5. The van der Waals surface area contributed by atoms with Crippen LogP contribution in [0.15, 0.2) is 109 Å². The minimum Gasteiger partial charge on any atom is -0.350 e. The predicted octanol–water partition coefficient (Wildman–Crippen LogP) is 6.30. The van der Waals surface area contributed by atoms with Gasteiger partial charge in [-0.15, -0.1) is 11.8 Å². The van der Waals surface area contributed by atoms with Crippen LogP contribution in [-0.4, -0.2) is 33.9 Å². The molecule has 0 radical (unpaired) electrons. The summed E-state index contributed by atoms with van der Waals surface area (Å²) in [7, 11) is 0. The fourth-order valence-corrected chi connectivity index (χ4v) is 6.23. The van der Waals surface area contributed by atoms with E-state index in [1.807, 2.05) is 60.7 Å². The highest BCUT2D eigenvalue weighted by molar-refractivity contribution is 8.00. The summed E-state index contributed by atoms with van der Waals surface area (Å²) in [6.07, 6.45) is 0. The van der Waals surface area contributed by atoms with Crippen molar-refractivity contribution in [2.75, 3.05) is 17.2 Å². The van der Waals surface area contributed by atoms with Crippen molar-refractivity contribution in [3.8, 4) is 16.9 Å². The second-order valence-electron chi connectivity index (χ2n) is 9.79. The molecule has 0 saturated heterocycles. The van der Waals surface area contributed by atoms with E-state index in [4.69, 9.17) is 5.10 Å². The lowest BCUT2D eigenvalue weighted by Gasteiger charge is -2.23. The smallest absolute Gasteiger partial charge is 0.240 e. The van der Waals surface area contributed by atoms with E-state index < -0.39 is 11.2 Å². The largest absolute Gasteiger partial charge is 0.350 e. The normalized spacial score (nSPS) is 14.8. The molecular weight excluding hydrogens is 554 g/mol. The van der Waals surface area contributed by atoms with Gasteiger partial charge in [0.2, 0.25) is 11.8 Å². The highest BCUT2D eigenvalue weighted by atomic mass is 32.2. The van der Waals surface area contributed by atoms with E-state index in [0.29, 0.717) is 28.3 Å². The zero-order valence-corrected chi connectivity index (χ0v) is 23.2. The van der Waals surface area contributed by atoms with Crippen molar-refractivity contribution in [3.63, 3.8) is 0 Å². The summed E-state index contributed by atoms with van der Waals surface area (Å²) in [5.41, 5.74) is 3.91. The first-order valence-corrected chi connectivity index (χ1v) is 14.5. The highest BCUT2D eigenvalue weighted by Crippen LogP contribution is 2.49. The summed E-state index contributed by atoms with van der Waals surface area (Å²) in [6, 6.07) is 31.3. The Kier molecular flexibility index (Phi) is 7.83. The number of hydrogen-bond donors (Lipinski definition) is 1. The van der Waals surface area contributed by atoms with Crippen molar-refractivity contribution in [3.05, 3.63) is 138 Å². The van der Waals surface area contributed by atoms with Gasteiger partial charge >= 0.3 is 0 Å². The maximum absolute atomic E-state index is 15.3. The fourth-order valence-electron chi connectivity index (χ4n) is 5.01. The average molecular weight is 581 g/mol. The highest BCUT2D eigenvalue weighted by Gasteiger charge is 2.38. The molecule has 210 valence electrons. The predicted molar refractivity (Wildman–Crippen MR) is 160 cm³/mol. The van der Waals surface area contributed by atoms with Crippen molar-refractivity contribution in [1.29, 1.82) is 0 Å². The summed E-state index contributed by atoms with van der Waals surface area (Å²) in [5, 5.41) is 7.26. The Hall–Kier alpha value is -4.76. The van der Waals surface area contributed by atoms with Crippen LogP contribution in [0.2, 0.25) is 0 Å². The molecule has 1 unspecified atom stereocenters. The molecule has 0 aliphatic carbocycles. The molecule has 1 N–H and O–H groups in total. The number of fused-ring (bicyclic) bond motifs is 1. The number of carbonyl (C=O) groups is 2. The number of thioether (sulfide) groups is 1. The number of hydrogen-bond acceptors (Lipinski definition) is 4. The minimum absolute atomic E-state index is 0.0297. The van der Waals surface area contributed by atoms with E-state index in [1.54, 1.807) is 35.0 Å². The van der Waals surface area contributed by atoms with Crippen LogP contribution in [0.4, 0.5) is 14.6 Å². The van der Waals surface area contributed by atoms with Gasteiger partial charge in [-0.1, -0.05) is 78.9 Å². The third-order valence-electron chi connectivity index (χ3n) is 7.03. The molecule has 6 nitrogen and oxygen atoms in total. The molecular formula is C33H26F2N4O2S. The van der Waals surface area contributed by atoms with Crippen molar-refractivity contribution in [1.82, 2.24) is 15.1 Å². The lowest BCUT2D eigenvalue weighted by atomic mass is 9.99. The molecule has 9 heteroatoms. The first kappa shape index (κ1) is 27.4.